The number of carbonyl (C=O) groups excluding carboxylic acids is 1. The molecule has 0 aromatic carbocycles. The van der Waals surface area contributed by atoms with E-state index < -0.39 is 11.6 Å². The molecule has 0 atom stereocenters. The van der Waals surface area contributed by atoms with Crippen molar-refractivity contribution in [1.82, 2.24) is 4.98 Å². The second-order valence-corrected chi connectivity index (χ2v) is 4.42. The Bertz CT molecular complexity index is 457. The minimum absolute atomic E-state index is 0.00794. The third-order valence-corrected chi connectivity index (χ3v) is 2.46. The van der Waals surface area contributed by atoms with E-state index in [-0.39, 0.29) is 23.6 Å². The van der Waals surface area contributed by atoms with Crippen LogP contribution in [0.1, 0.15) is 30.6 Å². The van der Waals surface area contributed by atoms with E-state index in [9.17, 15) is 9.59 Å². The molecule has 0 aliphatic heterocycles. The van der Waals surface area contributed by atoms with Crippen molar-refractivity contribution in [2.24, 2.45) is 0 Å². The van der Waals surface area contributed by atoms with Gasteiger partial charge in [0.05, 0.1) is 29.5 Å². The van der Waals surface area contributed by atoms with E-state index >= 15 is 0 Å². The normalized spacial score (nSPS) is 11.1. The van der Waals surface area contributed by atoms with Gasteiger partial charge in [-0.1, -0.05) is 0 Å². The third kappa shape index (κ3) is 3.81. The fraction of sp³-hybridized carbons (Fsp3) is 0.417. The number of nitrogens with zero attached hydrogens (tertiary/aromatic N) is 1. The van der Waals surface area contributed by atoms with Gasteiger partial charge in [-0.05, 0) is 19.9 Å². The molecule has 98 valence electrons. The lowest BCUT2D eigenvalue weighted by molar-refractivity contribution is -0.121. The monoisotopic (exact) mass is 252 g/mol. The van der Waals surface area contributed by atoms with Gasteiger partial charge in [0.25, 0.3) is 0 Å². The van der Waals surface area contributed by atoms with Crippen molar-refractivity contribution >= 4 is 17.6 Å². The van der Waals surface area contributed by atoms with Gasteiger partial charge in [0.15, 0.2) is 0 Å². The molecule has 6 nitrogen and oxygen atoms in total. The maximum absolute atomic E-state index is 11.7. The summed E-state index contributed by atoms with van der Waals surface area (Å²) in [5.41, 5.74) is -0.411. The SMILES string of the molecule is COC(C)(C)CC(=O)Nc1cnccc1C(=O)O. The summed E-state index contributed by atoms with van der Waals surface area (Å²) in [6, 6.07) is 1.33. The van der Waals surface area contributed by atoms with E-state index in [0.29, 0.717) is 0 Å². The smallest absolute Gasteiger partial charge is 0.337 e. The molecule has 1 aromatic rings. The molecule has 2 N–H and O–H groups in total. The first-order valence-corrected chi connectivity index (χ1v) is 5.38. The predicted octanol–water partition coefficient (Wildman–Crippen LogP) is 1.53. The summed E-state index contributed by atoms with van der Waals surface area (Å²) >= 11 is 0. The zero-order chi connectivity index (χ0) is 13.8. The molecular weight excluding hydrogens is 236 g/mol. The fourth-order valence-corrected chi connectivity index (χ4v) is 1.33. The number of aromatic nitrogens is 1. The summed E-state index contributed by atoms with van der Waals surface area (Å²) in [6.07, 6.45) is 2.79. The molecule has 0 aliphatic carbocycles. The molecule has 0 saturated heterocycles. The van der Waals surface area contributed by atoms with E-state index in [2.05, 4.69) is 10.3 Å². The summed E-state index contributed by atoms with van der Waals surface area (Å²) in [4.78, 5) is 26.5. The Morgan fingerprint density at radius 2 is 2.17 bits per heavy atom. The number of aromatic carboxylic acids is 1. The summed E-state index contributed by atoms with van der Waals surface area (Å²) in [7, 11) is 1.51. The van der Waals surface area contributed by atoms with Crippen LogP contribution in [0.4, 0.5) is 5.69 Å². The van der Waals surface area contributed by atoms with E-state index in [1.807, 2.05) is 0 Å². The molecule has 1 amide bonds. The molecule has 1 rings (SSSR count). The van der Waals surface area contributed by atoms with Crippen molar-refractivity contribution in [2.75, 3.05) is 12.4 Å². The summed E-state index contributed by atoms with van der Waals surface area (Å²) < 4.78 is 5.13. The van der Waals surface area contributed by atoms with E-state index in [4.69, 9.17) is 9.84 Å². The zero-order valence-electron chi connectivity index (χ0n) is 10.6. The van der Waals surface area contributed by atoms with Crippen molar-refractivity contribution in [2.45, 2.75) is 25.9 Å². The van der Waals surface area contributed by atoms with Gasteiger partial charge in [-0.25, -0.2) is 4.79 Å². The number of pyridine rings is 1. The molecule has 1 heterocycles. The third-order valence-electron chi connectivity index (χ3n) is 2.46. The second-order valence-electron chi connectivity index (χ2n) is 4.42. The average Bonchev–Trinajstić information content (AvgIpc) is 2.28. The second kappa shape index (κ2) is 5.59. The molecule has 18 heavy (non-hydrogen) atoms. The predicted molar refractivity (Wildman–Crippen MR) is 65.5 cm³/mol. The van der Waals surface area contributed by atoms with Gasteiger partial charge in [0, 0.05) is 13.3 Å². The number of rotatable bonds is 5. The number of carboxylic acids is 1. The molecule has 0 radical (unpaired) electrons. The van der Waals surface area contributed by atoms with Gasteiger partial charge in [-0.3, -0.25) is 9.78 Å². The van der Waals surface area contributed by atoms with Crippen molar-refractivity contribution in [3.8, 4) is 0 Å². The number of ether oxygens (including phenoxy) is 1. The number of carboxylic acid groups (broad SMARTS) is 1. The molecule has 0 spiro atoms. The molecule has 0 aliphatic rings. The first-order chi connectivity index (χ1) is 8.35. The summed E-state index contributed by atoms with van der Waals surface area (Å²) in [5.74, 6) is -1.43. The van der Waals surface area contributed by atoms with Gasteiger partial charge in [-0.2, -0.15) is 0 Å². The van der Waals surface area contributed by atoms with Gasteiger partial charge in [0.2, 0.25) is 5.91 Å². The summed E-state index contributed by atoms with van der Waals surface area (Å²) in [6.45, 7) is 3.54. The van der Waals surface area contributed by atoms with Crippen molar-refractivity contribution in [1.29, 1.82) is 0 Å². The van der Waals surface area contributed by atoms with Crippen molar-refractivity contribution < 1.29 is 19.4 Å². The Morgan fingerprint density at radius 3 is 2.72 bits per heavy atom. The highest BCUT2D eigenvalue weighted by Crippen LogP contribution is 2.17. The van der Waals surface area contributed by atoms with Crippen LogP contribution in [0.15, 0.2) is 18.5 Å². The summed E-state index contributed by atoms with van der Waals surface area (Å²) in [5, 5.41) is 11.5. The van der Waals surface area contributed by atoms with Gasteiger partial charge in [0.1, 0.15) is 0 Å². The lowest BCUT2D eigenvalue weighted by Crippen LogP contribution is -2.29. The lowest BCUT2D eigenvalue weighted by Gasteiger charge is -2.22. The van der Waals surface area contributed by atoms with Crippen LogP contribution >= 0.6 is 0 Å². The average molecular weight is 252 g/mol. The minimum Gasteiger partial charge on any atom is -0.478 e. The van der Waals surface area contributed by atoms with E-state index in [1.165, 1.54) is 25.6 Å². The molecule has 0 bridgehead atoms. The number of hydrogen-bond acceptors (Lipinski definition) is 4. The van der Waals surface area contributed by atoms with Crippen LogP contribution in [0.3, 0.4) is 0 Å². The number of hydrogen-bond donors (Lipinski definition) is 2. The van der Waals surface area contributed by atoms with E-state index in [0.717, 1.165) is 0 Å². The largest absolute Gasteiger partial charge is 0.478 e. The Balaban J connectivity index is 2.80. The first kappa shape index (κ1) is 14.1. The van der Waals surface area contributed by atoms with Crippen LogP contribution in [0.25, 0.3) is 0 Å². The van der Waals surface area contributed by atoms with Gasteiger partial charge in [-0.15, -0.1) is 0 Å². The molecule has 0 unspecified atom stereocenters. The highest BCUT2D eigenvalue weighted by atomic mass is 16.5. The zero-order valence-corrected chi connectivity index (χ0v) is 10.6. The van der Waals surface area contributed by atoms with Crippen LogP contribution in [-0.2, 0) is 9.53 Å². The van der Waals surface area contributed by atoms with Crippen LogP contribution in [-0.4, -0.2) is 34.7 Å². The Morgan fingerprint density at radius 1 is 1.50 bits per heavy atom. The molecule has 1 aromatic heterocycles. The lowest BCUT2D eigenvalue weighted by atomic mass is 10.0. The highest BCUT2D eigenvalue weighted by Gasteiger charge is 2.22. The van der Waals surface area contributed by atoms with Crippen molar-refractivity contribution in [3.63, 3.8) is 0 Å². The number of methoxy groups -OCH3 is 1. The molecule has 0 saturated carbocycles. The van der Waals surface area contributed by atoms with Gasteiger partial charge < -0.3 is 15.2 Å². The van der Waals surface area contributed by atoms with Crippen molar-refractivity contribution in [3.05, 3.63) is 24.0 Å². The quantitative estimate of drug-likeness (QED) is 0.829. The minimum atomic E-state index is -1.11. The van der Waals surface area contributed by atoms with E-state index in [1.54, 1.807) is 13.8 Å². The number of amides is 1. The first-order valence-electron chi connectivity index (χ1n) is 5.38. The standard InChI is InChI=1S/C12H16N2O4/c1-12(2,18-3)6-10(15)14-9-7-13-5-4-8(9)11(16)17/h4-5,7H,6H2,1-3H3,(H,14,15)(H,16,17). The maximum atomic E-state index is 11.7. The number of nitrogens with one attached hydrogen (secondary N) is 1. The van der Waals surface area contributed by atoms with Crippen LogP contribution in [0, 0.1) is 0 Å². The Kier molecular flexibility index (Phi) is 4.38. The number of anilines is 1. The highest BCUT2D eigenvalue weighted by molar-refractivity contribution is 6.00. The molecule has 6 heteroatoms. The Labute approximate surface area is 105 Å². The fourth-order valence-electron chi connectivity index (χ4n) is 1.33. The topological polar surface area (TPSA) is 88.5 Å². The molecule has 0 fully saturated rings. The van der Waals surface area contributed by atoms with Crippen LogP contribution in [0.2, 0.25) is 0 Å². The van der Waals surface area contributed by atoms with Gasteiger partial charge >= 0.3 is 5.97 Å². The molecular formula is C12H16N2O4. The number of carbonyl (C=O) groups is 2. The Hall–Kier alpha value is -1.95. The van der Waals surface area contributed by atoms with Crippen LogP contribution in [0.5, 0.6) is 0 Å². The maximum Gasteiger partial charge on any atom is 0.337 e. The van der Waals surface area contributed by atoms with Crippen LogP contribution < -0.4 is 5.32 Å².